The first-order valence-corrected chi connectivity index (χ1v) is 4.07. The van der Waals surface area contributed by atoms with Crippen molar-refractivity contribution in [1.82, 2.24) is 0 Å². The van der Waals surface area contributed by atoms with E-state index in [4.69, 9.17) is 0 Å². The van der Waals surface area contributed by atoms with Crippen molar-refractivity contribution < 1.29 is 16.5 Å². The maximum Gasteiger partial charge on any atom is 0 e. The van der Waals surface area contributed by atoms with Gasteiger partial charge in [-0.3, -0.25) is 0 Å². The zero-order chi connectivity index (χ0) is 8.23. The van der Waals surface area contributed by atoms with Crippen LogP contribution in [0.3, 0.4) is 0 Å². The molecule has 0 spiro atoms. The van der Waals surface area contributed by atoms with Gasteiger partial charge in [0.25, 0.3) is 0 Å². The first-order valence-electron chi connectivity index (χ1n) is 4.07. The topological polar surface area (TPSA) is 0 Å². The average Bonchev–Trinajstić information content (AvgIpc) is 2.21. The Morgan fingerprint density at radius 3 is 1.00 bits per heavy atom. The molecular weight excluding hydrogens is 265 g/mol. The zero-order valence-electron chi connectivity index (χ0n) is 8.50. The van der Waals surface area contributed by atoms with E-state index in [9.17, 15) is 0 Å². The molecule has 0 saturated carbocycles. The second kappa shape index (κ2) is 9.05. The number of hydrogen-bond donors (Lipinski definition) is 0. The van der Waals surface area contributed by atoms with Crippen molar-refractivity contribution in [3.8, 4) is 11.1 Å². The summed E-state index contributed by atoms with van der Waals surface area (Å²) in [6.07, 6.45) is 0. The van der Waals surface area contributed by atoms with Gasteiger partial charge in [-0.2, -0.15) is 19.8 Å². The van der Waals surface area contributed by atoms with Crippen molar-refractivity contribution >= 4 is 19.8 Å². The molecule has 2 aromatic rings. The summed E-state index contributed by atoms with van der Waals surface area (Å²) in [5.41, 5.74) is 2.55. The van der Waals surface area contributed by atoms with Crippen LogP contribution in [-0.2, 0) is 16.5 Å². The van der Waals surface area contributed by atoms with Crippen LogP contribution in [0.2, 0.25) is 0 Å². The van der Waals surface area contributed by atoms with E-state index in [-0.39, 0.29) is 36.3 Å². The van der Waals surface area contributed by atoms with Crippen LogP contribution in [0.15, 0.2) is 60.7 Å². The van der Waals surface area contributed by atoms with Gasteiger partial charge < -0.3 is 0 Å². The summed E-state index contributed by atoms with van der Waals surface area (Å²) in [7, 11) is 0. The van der Waals surface area contributed by atoms with E-state index in [1.54, 1.807) is 0 Å². The number of hydrogen-bond acceptors (Lipinski definition) is 0. The maximum atomic E-state index is 2.12. The van der Waals surface area contributed by atoms with E-state index in [2.05, 4.69) is 48.5 Å². The summed E-state index contributed by atoms with van der Waals surface area (Å²) >= 11 is 0. The van der Waals surface area contributed by atoms with Crippen LogP contribution >= 0.6 is 19.8 Å². The quantitative estimate of drug-likeness (QED) is 0.554. The van der Waals surface area contributed by atoms with Gasteiger partial charge in [-0.15, -0.1) is 0 Å². The van der Waals surface area contributed by atoms with E-state index in [1.165, 1.54) is 11.1 Å². The van der Waals surface area contributed by atoms with Gasteiger partial charge >= 0.3 is 0 Å². The summed E-state index contributed by atoms with van der Waals surface area (Å²) in [6, 6.07) is 20.8. The van der Waals surface area contributed by atoms with Crippen LogP contribution in [0.1, 0.15) is 0 Å². The molecule has 2 unspecified atom stereocenters. The predicted molar refractivity (Wildman–Crippen MR) is 74.1 cm³/mol. The summed E-state index contributed by atoms with van der Waals surface area (Å²) in [6.45, 7) is 0. The fourth-order valence-corrected chi connectivity index (χ4v) is 1.26. The van der Waals surface area contributed by atoms with Crippen LogP contribution in [0.5, 0.6) is 0 Å². The molecule has 2 rings (SSSR count). The molecule has 0 nitrogen and oxygen atoms in total. The molecule has 0 radical (unpaired) electrons. The average molecular weight is 281 g/mol. The van der Waals surface area contributed by atoms with E-state index in [1.807, 2.05) is 12.1 Å². The molecule has 3 heteroatoms. The van der Waals surface area contributed by atoms with Crippen LogP contribution in [0, 0.1) is 0 Å². The molecule has 0 N–H and O–H groups in total. The van der Waals surface area contributed by atoms with E-state index in [0.717, 1.165) is 0 Å². The Balaban J connectivity index is 0. The van der Waals surface area contributed by atoms with Crippen LogP contribution in [-0.4, -0.2) is 0 Å². The van der Waals surface area contributed by atoms with Crippen molar-refractivity contribution in [1.29, 1.82) is 0 Å². The molecule has 0 aliphatic carbocycles. The monoisotopic (exact) mass is 280 g/mol. The van der Waals surface area contributed by atoms with Crippen molar-refractivity contribution in [2.75, 3.05) is 0 Å². The molecule has 0 amide bonds. The minimum atomic E-state index is 0. The third-order valence-electron chi connectivity index (χ3n) is 1.88. The van der Waals surface area contributed by atoms with E-state index >= 15 is 0 Å². The van der Waals surface area contributed by atoms with Crippen molar-refractivity contribution in [3.63, 3.8) is 0 Å². The van der Waals surface area contributed by atoms with Gasteiger partial charge in [-0.05, 0) is 11.1 Å². The fourth-order valence-electron chi connectivity index (χ4n) is 1.26. The Kier molecular flexibility index (Phi) is 10.4. The third-order valence-corrected chi connectivity index (χ3v) is 1.88. The zero-order valence-corrected chi connectivity index (χ0v) is 12.3. The van der Waals surface area contributed by atoms with Crippen molar-refractivity contribution in [3.05, 3.63) is 60.7 Å². The van der Waals surface area contributed by atoms with Gasteiger partial charge in [0.05, 0.1) is 0 Å². The molecule has 0 aromatic heterocycles. The molecule has 0 aliphatic rings. The van der Waals surface area contributed by atoms with Gasteiger partial charge in [0.2, 0.25) is 0 Å². The third kappa shape index (κ3) is 4.90. The molecule has 2 atom stereocenters. The van der Waals surface area contributed by atoms with Crippen LogP contribution in [0.4, 0.5) is 0 Å². The summed E-state index contributed by atoms with van der Waals surface area (Å²) in [5.74, 6) is 0. The SMILES string of the molecule is P.P.[Ni].c1ccc(-c2ccccc2)cc1. The Morgan fingerprint density at radius 1 is 0.467 bits per heavy atom. The van der Waals surface area contributed by atoms with Crippen molar-refractivity contribution in [2.45, 2.75) is 0 Å². The van der Waals surface area contributed by atoms with E-state index in [0.29, 0.717) is 0 Å². The molecule has 84 valence electrons. The predicted octanol–water partition coefficient (Wildman–Crippen LogP) is 3.47. The van der Waals surface area contributed by atoms with Gasteiger partial charge in [0.1, 0.15) is 0 Å². The minimum Gasteiger partial charge on any atom is -0.153 e. The minimum absolute atomic E-state index is 0. The molecule has 15 heavy (non-hydrogen) atoms. The number of benzene rings is 2. The Hall–Kier alpha value is -0.206. The maximum absolute atomic E-state index is 2.12. The first-order chi connectivity index (χ1) is 5.97. The Morgan fingerprint density at radius 2 is 0.733 bits per heavy atom. The standard InChI is InChI=1S/C12H10.Ni.2H3P/c1-3-7-11(8-4-1)12-9-5-2-6-10-12;;;/h1-10H;;2*1H3. The molecular formula is C12H16NiP2. The van der Waals surface area contributed by atoms with Gasteiger partial charge in [0, 0.05) is 16.5 Å². The molecule has 0 bridgehead atoms. The molecule has 0 saturated heterocycles. The number of rotatable bonds is 1. The molecule has 0 fully saturated rings. The Bertz CT molecular complexity index is 311. The molecule has 0 heterocycles. The van der Waals surface area contributed by atoms with Crippen molar-refractivity contribution in [2.24, 2.45) is 0 Å². The normalized spacial score (nSPS) is 7.73. The largest absolute Gasteiger partial charge is 0.153 e. The van der Waals surface area contributed by atoms with E-state index < -0.39 is 0 Å². The van der Waals surface area contributed by atoms with Gasteiger partial charge in [-0.25, -0.2) is 0 Å². The van der Waals surface area contributed by atoms with Gasteiger partial charge in [0.15, 0.2) is 0 Å². The smallest absolute Gasteiger partial charge is 0 e. The molecule has 0 aliphatic heterocycles. The summed E-state index contributed by atoms with van der Waals surface area (Å²) in [4.78, 5) is 0. The fraction of sp³-hybridized carbons (Fsp3) is 0. The van der Waals surface area contributed by atoms with Gasteiger partial charge in [-0.1, -0.05) is 60.7 Å². The second-order valence-electron chi connectivity index (χ2n) is 2.73. The molecule has 2 aromatic carbocycles. The summed E-state index contributed by atoms with van der Waals surface area (Å²) < 4.78 is 0. The first kappa shape index (κ1) is 17.2. The van der Waals surface area contributed by atoms with Crippen LogP contribution in [0.25, 0.3) is 11.1 Å². The summed E-state index contributed by atoms with van der Waals surface area (Å²) in [5, 5.41) is 0. The Labute approximate surface area is 108 Å². The van der Waals surface area contributed by atoms with Crippen LogP contribution < -0.4 is 0 Å². The second-order valence-corrected chi connectivity index (χ2v) is 2.73.